The van der Waals surface area contributed by atoms with Crippen molar-refractivity contribution in [3.05, 3.63) is 28.2 Å². The fourth-order valence-corrected chi connectivity index (χ4v) is 3.06. The Hall–Kier alpha value is -1.66. The molecule has 0 aromatic heterocycles. The van der Waals surface area contributed by atoms with Gasteiger partial charge in [0.15, 0.2) is 0 Å². The van der Waals surface area contributed by atoms with E-state index in [4.69, 9.17) is 27.9 Å². The minimum absolute atomic E-state index is 0.0629. The van der Waals surface area contributed by atoms with Crippen LogP contribution < -0.4 is 10.6 Å². The van der Waals surface area contributed by atoms with E-state index in [9.17, 15) is 9.59 Å². The molecular formula is C16H21Cl2N3O3. The predicted molar refractivity (Wildman–Crippen MR) is 94.7 cm³/mol. The topological polar surface area (TPSA) is 70.7 Å². The van der Waals surface area contributed by atoms with Gasteiger partial charge >= 0.3 is 6.09 Å². The Morgan fingerprint density at radius 2 is 1.83 bits per heavy atom. The van der Waals surface area contributed by atoms with Crippen LogP contribution in [0, 0.1) is 0 Å². The van der Waals surface area contributed by atoms with Crippen LogP contribution in [0.2, 0.25) is 10.0 Å². The van der Waals surface area contributed by atoms with Gasteiger partial charge in [-0.05, 0) is 38.0 Å². The zero-order chi connectivity index (χ0) is 17.5. The molecule has 0 unspecified atom stereocenters. The molecule has 1 aromatic rings. The van der Waals surface area contributed by atoms with Crippen LogP contribution in [0.5, 0.6) is 0 Å². The van der Waals surface area contributed by atoms with E-state index in [1.165, 1.54) is 0 Å². The van der Waals surface area contributed by atoms with Gasteiger partial charge in [0, 0.05) is 34.9 Å². The van der Waals surface area contributed by atoms with Crippen LogP contribution >= 0.6 is 23.2 Å². The molecule has 0 spiro atoms. The number of nitrogens with one attached hydrogen (secondary N) is 2. The van der Waals surface area contributed by atoms with Crippen molar-refractivity contribution in [2.45, 2.75) is 25.8 Å². The van der Waals surface area contributed by atoms with Crippen molar-refractivity contribution in [1.29, 1.82) is 0 Å². The molecule has 132 valence electrons. The van der Waals surface area contributed by atoms with Gasteiger partial charge in [-0.1, -0.05) is 23.2 Å². The Bertz CT molecular complexity index is 570. The monoisotopic (exact) mass is 373 g/mol. The molecule has 0 atom stereocenters. The Labute approximate surface area is 151 Å². The SMILES string of the molecule is CCOC(=O)N1CCC(NC(=O)CNc2cc(Cl)cc(Cl)c2)CC1. The Morgan fingerprint density at radius 3 is 2.42 bits per heavy atom. The van der Waals surface area contributed by atoms with E-state index in [2.05, 4.69) is 10.6 Å². The molecule has 2 N–H and O–H groups in total. The lowest BCUT2D eigenvalue weighted by atomic mass is 10.1. The Balaban J connectivity index is 1.72. The van der Waals surface area contributed by atoms with Crippen LogP contribution in [0.4, 0.5) is 10.5 Å². The quantitative estimate of drug-likeness (QED) is 0.831. The molecule has 0 aliphatic carbocycles. The first-order valence-corrected chi connectivity index (χ1v) is 8.64. The second kappa shape index (κ2) is 8.99. The Morgan fingerprint density at radius 1 is 1.21 bits per heavy atom. The molecular weight excluding hydrogens is 353 g/mol. The number of hydrogen-bond acceptors (Lipinski definition) is 4. The molecule has 2 amide bonds. The summed E-state index contributed by atoms with van der Waals surface area (Å²) in [6.07, 6.45) is 1.14. The van der Waals surface area contributed by atoms with Gasteiger partial charge in [-0.15, -0.1) is 0 Å². The van der Waals surface area contributed by atoms with Crippen molar-refractivity contribution in [2.24, 2.45) is 0 Å². The third-order valence-electron chi connectivity index (χ3n) is 3.70. The molecule has 24 heavy (non-hydrogen) atoms. The molecule has 1 heterocycles. The van der Waals surface area contributed by atoms with E-state index < -0.39 is 0 Å². The number of ether oxygens (including phenoxy) is 1. The number of likely N-dealkylation sites (tertiary alicyclic amines) is 1. The van der Waals surface area contributed by atoms with E-state index >= 15 is 0 Å². The van der Waals surface area contributed by atoms with Crippen LogP contribution in [0.15, 0.2) is 18.2 Å². The Kier molecular flexibility index (Phi) is 6.99. The summed E-state index contributed by atoms with van der Waals surface area (Å²) in [6.45, 7) is 3.45. The first-order chi connectivity index (χ1) is 11.5. The van der Waals surface area contributed by atoms with E-state index in [0.29, 0.717) is 48.3 Å². The maximum absolute atomic E-state index is 12.0. The molecule has 0 radical (unpaired) electrons. The van der Waals surface area contributed by atoms with E-state index in [0.717, 1.165) is 0 Å². The van der Waals surface area contributed by atoms with Gasteiger partial charge in [-0.3, -0.25) is 4.79 Å². The van der Waals surface area contributed by atoms with Crippen LogP contribution in [0.25, 0.3) is 0 Å². The van der Waals surface area contributed by atoms with Gasteiger partial charge in [0.25, 0.3) is 0 Å². The third kappa shape index (κ3) is 5.76. The number of rotatable bonds is 5. The van der Waals surface area contributed by atoms with E-state index in [-0.39, 0.29) is 24.6 Å². The number of carbonyl (C=O) groups excluding carboxylic acids is 2. The van der Waals surface area contributed by atoms with Gasteiger partial charge < -0.3 is 20.3 Å². The lowest BCUT2D eigenvalue weighted by molar-refractivity contribution is -0.120. The van der Waals surface area contributed by atoms with Crippen molar-refractivity contribution < 1.29 is 14.3 Å². The summed E-state index contributed by atoms with van der Waals surface area (Å²) in [5, 5.41) is 6.98. The second-order valence-corrected chi connectivity index (χ2v) is 6.41. The zero-order valence-corrected chi connectivity index (χ0v) is 15.0. The molecule has 1 saturated heterocycles. The lowest BCUT2D eigenvalue weighted by Crippen LogP contribution is -2.47. The number of carbonyl (C=O) groups is 2. The lowest BCUT2D eigenvalue weighted by Gasteiger charge is -2.31. The first-order valence-electron chi connectivity index (χ1n) is 7.89. The summed E-state index contributed by atoms with van der Waals surface area (Å²) in [5.41, 5.74) is 0.694. The largest absolute Gasteiger partial charge is 0.450 e. The number of hydrogen-bond donors (Lipinski definition) is 2. The van der Waals surface area contributed by atoms with E-state index in [1.807, 2.05) is 0 Å². The highest BCUT2D eigenvalue weighted by Crippen LogP contribution is 2.22. The van der Waals surface area contributed by atoms with Crippen molar-refractivity contribution in [1.82, 2.24) is 10.2 Å². The average Bonchev–Trinajstić information content (AvgIpc) is 2.53. The van der Waals surface area contributed by atoms with Gasteiger partial charge in [-0.25, -0.2) is 4.79 Å². The number of halogens is 2. The van der Waals surface area contributed by atoms with Crippen LogP contribution in [-0.4, -0.2) is 49.2 Å². The fraction of sp³-hybridized carbons (Fsp3) is 0.500. The highest BCUT2D eigenvalue weighted by Gasteiger charge is 2.24. The predicted octanol–water partition coefficient (Wildman–Crippen LogP) is 3.14. The number of piperidine rings is 1. The standard InChI is InChI=1S/C16H21Cl2N3O3/c1-2-24-16(23)21-5-3-13(4-6-21)20-15(22)10-19-14-8-11(17)7-12(18)9-14/h7-9,13,19H,2-6,10H2,1H3,(H,20,22). The second-order valence-electron chi connectivity index (χ2n) is 5.54. The first kappa shape index (κ1) is 18.7. The van der Waals surface area contributed by atoms with Crippen molar-refractivity contribution in [3.63, 3.8) is 0 Å². The number of benzene rings is 1. The molecule has 1 aliphatic rings. The van der Waals surface area contributed by atoms with Crippen molar-refractivity contribution in [2.75, 3.05) is 31.6 Å². The normalized spacial score (nSPS) is 15.0. The smallest absolute Gasteiger partial charge is 0.409 e. The zero-order valence-electron chi connectivity index (χ0n) is 13.5. The van der Waals surface area contributed by atoms with E-state index in [1.54, 1.807) is 30.0 Å². The molecule has 0 bridgehead atoms. The summed E-state index contributed by atoms with van der Waals surface area (Å²) < 4.78 is 4.97. The van der Waals surface area contributed by atoms with Crippen molar-refractivity contribution in [3.8, 4) is 0 Å². The number of anilines is 1. The minimum atomic E-state index is -0.290. The van der Waals surface area contributed by atoms with Gasteiger partial charge in [0.2, 0.25) is 5.91 Å². The van der Waals surface area contributed by atoms with Gasteiger partial charge in [0.05, 0.1) is 13.2 Å². The van der Waals surface area contributed by atoms with Crippen LogP contribution in [-0.2, 0) is 9.53 Å². The molecule has 8 heteroatoms. The summed E-state index contributed by atoms with van der Waals surface area (Å²) in [7, 11) is 0. The summed E-state index contributed by atoms with van der Waals surface area (Å²) in [5.74, 6) is -0.110. The summed E-state index contributed by atoms with van der Waals surface area (Å²) >= 11 is 11.8. The molecule has 6 nitrogen and oxygen atoms in total. The summed E-state index contributed by atoms with van der Waals surface area (Å²) in [6, 6.07) is 5.11. The summed E-state index contributed by atoms with van der Waals surface area (Å²) in [4.78, 5) is 25.3. The third-order valence-corrected chi connectivity index (χ3v) is 4.14. The minimum Gasteiger partial charge on any atom is -0.450 e. The van der Waals surface area contributed by atoms with Gasteiger partial charge in [0.1, 0.15) is 0 Å². The average molecular weight is 374 g/mol. The molecule has 1 aliphatic heterocycles. The van der Waals surface area contributed by atoms with Gasteiger partial charge in [-0.2, -0.15) is 0 Å². The molecule has 2 rings (SSSR count). The molecule has 1 fully saturated rings. The van der Waals surface area contributed by atoms with Crippen LogP contribution in [0.3, 0.4) is 0 Å². The fourth-order valence-electron chi connectivity index (χ4n) is 2.54. The number of amides is 2. The molecule has 0 saturated carbocycles. The highest BCUT2D eigenvalue weighted by atomic mass is 35.5. The highest BCUT2D eigenvalue weighted by molar-refractivity contribution is 6.35. The maximum Gasteiger partial charge on any atom is 0.409 e. The maximum atomic E-state index is 12.0. The van der Waals surface area contributed by atoms with Crippen molar-refractivity contribution >= 4 is 40.9 Å². The molecule has 1 aromatic carbocycles. The van der Waals surface area contributed by atoms with Crippen LogP contribution in [0.1, 0.15) is 19.8 Å². The number of nitrogens with zero attached hydrogens (tertiary/aromatic N) is 1.